The van der Waals surface area contributed by atoms with Crippen LogP contribution < -0.4 is 4.74 Å². The summed E-state index contributed by atoms with van der Waals surface area (Å²) in [5.74, 6) is 0.884. The van der Waals surface area contributed by atoms with E-state index in [-0.39, 0.29) is 0 Å². The number of rotatable bonds is 2. The van der Waals surface area contributed by atoms with Crippen molar-refractivity contribution in [2.75, 3.05) is 6.61 Å². The van der Waals surface area contributed by atoms with Crippen LogP contribution in [0.25, 0.3) is 15.2 Å². The number of aromatic amines is 1. The lowest BCUT2D eigenvalue weighted by Gasteiger charge is -2.01. The normalized spacial score (nSPS) is 11.3. The molecule has 0 spiro atoms. The van der Waals surface area contributed by atoms with Crippen molar-refractivity contribution in [3.63, 3.8) is 0 Å². The topological polar surface area (TPSA) is 42.3 Å². The van der Waals surface area contributed by atoms with Crippen molar-refractivity contribution >= 4 is 38.7 Å². The first kappa shape index (κ1) is 9.80. The van der Waals surface area contributed by atoms with Gasteiger partial charge in [0.25, 0.3) is 0 Å². The maximum absolute atomic E-state index is 5.46. The van der Waals surface area contributed by atoms with E-state index in [9.17, 15) is 0 Å². The fraction of sp³-hybridized carbons (Fsp3) is 0.200. The Balaban J connectivity index is 2.33. The Kier molecular flexibility index (Phi) is 2.19. The van der Waals surface area contributed by atoms with Crippen LogP contribution >= 0.6 is 23.6 Å². The zero-order valence-electron chi connectivity index (χ0n) is 8.56. The Morgan fingerprint density at radius 1 is 1.56 bits per heavy atom. The van der Waals surface area contributed by atoms with Crippen molar-refractivity contribution in [2.24, 2.45) is 0 Å². The van der Waals surface area contributed by atoms with Crippen molar-refractivity contribution < 1.29 is 4.74 Å². The van der Waals surface area contributed by atoms with Crippen LogP contribution in [0, 0.1) is 4.77 Å². The van der Waals surface area contributed by atoms with E-state index in [1.165, 1.54) is 0 Å². The van der Waals surface area contributed by atoms with E-state index in [1.807, 2.05) is 29.5 Å². The van der Waals surface area contributed by atoms with Crippen molar-refractivity contribution in [3.8, 4) is 5.75 Å². The molecule has 0 saturated carbocycles. The number of ether oxygens (including phenoxy) is 1. The molecule has 0 fully saturated rings. The van der Waals surface area contributed by atoms with Crippen LogP contribution in [-0.2, 0) is 0 Å². The van der Waals surface area contributed by atoms with Crippen LogP contribution in [-0.4, -0.2) is 21.2 Å². The lowest BCUT2D eigenvalue weighted by atomic mass is 10.3. The molecule has 0 aliphatic rings. The zero-order chi connectivity index (χ0) is 11.1. The lowest BCUT2D eigenvalue weighted by molar-refractivity contribution is 0.341. The highest BCUT2D eigenvalue weighted by molar-refractivity contribution is 7.71. The molecule has 3 aromatic rings. The number of hydrogen-bond acceptors (Lipinski definition) is 4. The number of H-pyrrole nitrogens is 1. The van der Waals surface area contributed by atoms with Crippen molar-refractivity contribution in [1.82, 2.24) is 14.6 Å². The first-order valence-corrected chi connectivity index (χ1v) is 6.14. The number of nitrogens with zero attached hydrogens (tertiary/aromatic N) is 2. The highest BCUT2D eigenvalue weighted by Crippen LogP contribution is 2.28. The predicted molar refractivity (Wildman–Crippen MR) is 66.9 cm³/mol. The summed E-state index contributed by atoms with van der Waals surface area (Å²) in [5, 5.41) is 6.94. The van der Waals surface area contributed by atoms with Crippen LogP contribution in [0.4, 0.5) is 0 Å². The molecule has 4 nitrogen and oxygen atoms in total. The standard InChI is InChI=1S/C10H9N3OS2/c1-2-14-6-3-4-7-8(5-6)16-10-12-11-9(15)13(7)10/h3-5H,2H2,1H3,(H,11,15). The molecule has 82 valence electrons. The van der Waals surface area contributed by atoms with Crippen LogP contribution in [0.5, 0.6) is 5.75 Å². The molecule has 2 heterocycles. The molecule has 2 aromatic heterocycles. The maximum atomic E-state index is 5.46. The SMILES string of the molecule is CCOc1ccc2c(c1)sc1n[nH]c(=S)n12. The van der Waals surface area contributed by atoms with Crippen molar-refractivity contribution in [2.45, 2.75) is 6.92 Å². The molecular weight excluding hydrogens is 242 g/mol. The quantitative estimate of drug-likeness (QED) is 0.712. The Labute approximate surface area is 100 Å². The van der Waals surface area contributed by atoms with Gasteiger partial charge in [0, 0.05) is 0 Å². The van der Waals surface area contributed by atoms with E-state index in [0.717, 1.165) is 20.9 Å². The summed E-state index contributed by atoms with van der Waals surface area (Å²) >= 11 is 6.77. The summed E-state index contributed by atoms with van der Waals surface area (Å²) in [6.45, 7) is 2.65. The summed E-state index contributed by atoms with van der Waals surface area (Å²) in [7, 11) is 0. The number of aromatic nitrogens is 3. The van der Waals surface area contributed by atoms with Gasteiger partial charge in [0.2, 0.25) is 9.73 Å². The summed E-state index contributed by atoms with van der Waals surface area (Å²) in [4.78, 5) is 0.883. The predicted octanol–water partition coefficient (Wildman–Crippen LogP) is 3.01. The zero-order valence-corrected chi connectivity index (χ0v) is 10.2. The molecule has 16 heavy (non-hydrogen) atoms. The summed E-state index contributed by atoms with van der Waals surface area (Å²) in [6, 6.07) is 5.98. The minimum Gasteiger partial charge on any atom is -0.494 e. The number of nitrogens with one attached hydrogen (secondary N) is 1. The first-order valence-electron chi connectivity index (χ1n) is 4.92. The first-order chi connectivity index (χ1) is 7.79. The van der Waals surface area contributed by atoms with Crippen LogP contribution in [0.1, 0.15) is 6.92 Å². The van der Waals surface area contributed by atoms with E-state index in [0.29, 0.717) is 11.4 Å². The minimum atomic E-state index is 0.630. The lowest BCUT2D eigenvalue weighted by Crippen LogP contribution is -1.90. The molecule has 0 saturated heterocycles. The molecular formula is C10H9N3OS2. The van der Waals surface area contributed by atoms with Gasteiger partial charge in [-0.05, 0) is 37.3 Å². The molecule has 0 aliphatic carbocycles. The number of hydrogen-bond donors (Lipinski definition) is 1. The molecule has 3 rings (SSSR count). The number of thiazole rings is 1. The molecule has 6 heteroatoms. The summed E-state index contributed by atoms with van der Waals surface area (Å²) in [5.41, 5.74) is 1.07. The molecule has 0 unspecified atom stereocenters. The van der Waals surface area contributed by atoms with Crippen molar-refractivity contribution in [1.29, 1.82) is 0 Å². The van der Waals surface area contributed by atoms with E-state index < -0.39 is 0 Å². The summed E-state index contributed by atoms with van der Waals surface area (Å²) in [6.07, 6.45) is 0. The second-order valence-electron chi connectivity index (χ2n) is 3.31. The minimum absolute atomic E-state index is 0.630. The van der Waals surface area contributed by atoms with E-state index >= 15 is 0 Å². The van der Waals surface area contributed by atoms with Crippen LogP contribution in [0.3, 0.4) is 0 Å². The fourth-order valence-electron chi connectivity index (χ4n) is 1.68. The van der Waals surface area contributed by atoms with Gasteiger partial charge in [-0.15, -0.1) is 5.10 Å². The van der Waals surface area contributed by atoms with Gasteiger partial charge in [0.1, 0.15) is 5.75 Å². The third kappa shape index (κ3) is 1.34. The van der Waals surface area contributed by atoms with E-state index in [2.05, 4.69) is 10.2 Å². The van der Waals surface area contributed by atoms with Crippen LogP contribution in [0.2, 0.25) is 0 Å². The second kappa shape index (κ2) is 3.57. The van der Waals surface area contributed by atoms with Gasteiger partial charge in [-0.3, -0.25) is 9.50 Å². The van der Waals surface area contributed by atoms with Crippen molar-refractivity contribution in [3.05, 3.63) is 23.0 Å². The smallest absolute Gasteiger partial charge is 0.215 e. The van der Waals surface area contributed by atoms with Gasteiger partial charge in [-0.25, -0.2) is 0 Å². The van der Waals surface area contributed by atoms with E-state index in [1.54, 1.807) is 11.3 Å². The average Bonchev–Trinajstić information content (AvgIpc) is 2.79. The Bertz CT molecular complexity index is 710. The Morgan fingerprint density at radius 3 is 3.25 bits per heavy atom. The van der Waals surface area contributed by atoms with Gasteiger partial charge in [-0.1, -0.05) is 11.3 Å². The Morgan fingerprint density at radius 2 is 2.44 bits per heavy atom. The molecule has 0 atom stereocenters. The highest BCUT2D eigenvalue weighted by Gasteiger charge is 2.07. The third-order valence-electron chi connectivity index (χ3n) is 2.33. The largest absolute Gasteiger partial charge is 0.494 e. The second-order valence-corrected chi connectivity index (χ2v) is 4.71. The third-order valence-corrected chi connectivity index (χ3v) is 3.60. The molecule has 0 bridgehead atoms. The number of fused-ring (bicyclic) bond motifs is 3. The van der Waals surface area contributed by atoms with Gasteiger partial charge in [0.05, 0.1) is 16.8 Å². The van der Waals surface area contributed by atoms with Crippen LogP contribution in [0.15, 0.2) is 18.2 Å². The molecule has 0 aliphatic heterocycles. The van der Waals surface area contributed by atoms with Gasteiger partial charge >= 0.3 is 0 Å². The molecule has 1 aromatic carbocycles. The summed E-state index contributed by atoms with van der Waals surface area (Å²) < 4.78 is 9.16. The van der Waals surface area contributed by atoms with Gasteiger partial charge < -0.3 is 4.74 Å². The van der Waals surface area contributed by atoms with Gasteiger partial charge in [0.15, 0.2) is 0 Å². The molecule has 1 N–H and O–H groups in total. The number of benzene rings is 1. The monoisotopic (exact) mass is 251 g/mol. The molecule has 0 radical (unpaired) electrons. The maximum Gasteiger partial charge on any atom is 0.215 e. The Hall–Kier alpha value is -1.40. The fourth-order valence-corrected chi connectivity index (χ4v) is 2.98. The van der Waals surface area contributed by atoms with Gasteiger partial charge in [-0.2, -0.15) is 0 Å². The molecule has 0 amide bonds. The average molecular weight is 251 g/mol. The highest BCUT2D eigenvalue weighted by atomic mass is 32.1. The van der Waals surface area contributed by atoms with E-state index in [4.69, 9.17) is 17.0 Å².